The Balaban J connectivity index is 2.51. The van der Waals surface area contributed by atoms with Gasteiger partial charge in [0.05, 0.1) is 5.69 Å². The largest absolute Gasteiger partial charge is 0.343 e. The molecule has 0 saturated carbocycles. The Labute approximate surface area is 126 Å². The van der Waals surface area contributed by atoms with E-state index >= 15 is 0 Å². The Kier molecular flexibility index (Phi) is 4.71. The molecule has 0 saturated heterocycles. The third kappa shape index (κ3) is 3.34. The van der Waals surface area contributed by atoms with E-state index in [2.05, 4.69) is 55.0 Å². The zero-order valence-corrected chi connectivity index (χ0v) is 13.5. The van der Waals surface area contributed by atoms with Crippen molar-refractivity contribution in [3.05, 3.63) is 45.9 Å². The Morgan fingerprint density at radius 2 is 2.05 bits per heavy atom. The maximum absolute atomic E-state index is 5.37. The predicted molar refractivity (Wildman–Crippen MR) is 87.5 cm³/mol. The topological polar surface area (TPSA) is 28.7 Å². The maximum Gasteiger partial charge on any atom is 0.133 e. The van der Waals surface area contributed by atoms with Gasteiger partial charge in [-0.3, -0.25) is 0 Å². The van der Waals surface area contributed by atoms with Crippen molar-refractivity contribution in [2.24, 2.45) is 5.92 Å². The van der Waals surface area contributed by atoms with Crippen LogP contribution >= 0.6 is 12.2 Å². The number of benzene rings is 1. The van der Waals surface area contributed by atoms with Gasteiger partial charge in [0.2, 0.25) is 0 Å². The van der Waals surface area contributed by atoms with Crippen LogP contribution in [0.25, 0.3) is 11.3 Å². The molecule has 0 bridgehead atoms. The molecule has 2 aromatic rings. The van der Waals surface area contributed by atoms with Crippen molar-refractivity contribution in [3.8, 4) is 11.3 Å². The van der Waals surface area contributed by atoms with Gasteiger partial charge in [-0.25, -0.2) is 4.98 Å². The molecular weight excluding hydrogens is 264 g/mol. The molecule has 2 nitrogen and oxygen atoms in total. The smallest absolute Gasteiger partial charge is 0.133 e. The first-order valence-electron chi connectivity index (χ1n) is 7.20. The summed E-state index contributed by atoms with van der Waals surface area (Å²) in [5.41, 5.74) is 4.72. The number of nitrogens with zero attached hydrogens (tertiary/aromatic N) is 1. The van der Waals surface area contributed by atoms with E-state index in [1.54, 1.807) is 0 Å². The second-order valence-corrected chi connectivity index (χ2v) is 6.03. The molecule has 0 unspecified atom stereocenters. The molecule has 106 valence electrons. The molecule has 1 aromatic carbocycles. The number of rotatable bonds is 4. The fourth-order valence-electron chi connectivity index (χ4n) is 2.36. The average Bonchev–Trinajstić information content (AvgIpc) is 2.41. The van der Waals surface area contributed by atoms with Gasteiger partial charge in [0.1, 0.15) is 10.5 Å². The minimum Gasteiger partial charge on any atom is -0.343 e. The van der Waals surface area contributed by atoms with Gasteiger partial charge in [-0.15, -0.1) is 0 Å². The second kappa shape index (κ2) is 6.31. The van der Waals surface area contributed by atoms with Crippen molar-refractivity contribution >= 4 is 12.2 Å². The van der Waals surface area contributed by atoms with Gasteiger partial charge >= 0.3 is 0 Å². The molecule has 1 N–H and O–H groups in total. The maximum atomic E-state index is 5.37. The fraction of sp³-hybridized carbons (Fsp3) is 0.412. The summed E-state index contributed by atoms with van der Waals surface area (Å²) < 4.78 is 0.699. The van der Waals surface area contributed by atoms with E-state index in [1.807, 2.05) is 6.92 Å². The summed E-state index contributed by atoms with van der Waals surface area (Å²) in [6.45, 7) is 8.61. The standard InChI is InChI=1S/C17H22N2S/c1-5-15-18-16(12(4)17(20)19-15)14-8-6-7-13(10-14)9-11(2)3/h6-8,10-11H,5,9H2,1-4H3,(H,18,19,20). The SMILES string of the molecule is CCc1nc(=S)c(C)c(-c2cccc(CC(C)C)c2)[nH]1. The number of H-pyrrole nitrogens is 1. The highest BCUT2D eigenvalue weighted by molar-refractivity contribution is 7.71. The van der Waals surface area contributed by atoms with Gasteiger partial charge in [-0.1, -0.05) is 51.2 Å². The molecule has 0 fully saturated rings. The summed E-state index contributed by atoms with van der Waals surface area (Å²) in [5, 5.41) is 0. The van der Waals surface area contributed by atoms with Gasteiger partial charge in [0.15, 0.2) is 0 Å². The third-order valence-corrected chi connectivity index (χ3v) is 3.79. The number of hydrogen-bond acceptors (Lipinski definition) is 2. The van der Waals surface area contributed by atoms with Crippen LogP contribution in [0.1, 0.15) is 37.7 Å². The second-order valence-electron chi connectivity index (χ2n) is 5.64. The van der Waals surface area contributed by atoms with Crippen LogP contribution in [0.15, 0.2) is 24.3 Å². The summed E-state index contributed by atoms with van der Waals surface area (Å²) in [7, 11) is 0. The number of aromatic amines is 1. The number of aromatic nitrogens is 2. The lowest BCUT2D eigenvalue weighted by Crippen LogP contribution is -2.00. The monoisotopic (exact) mass is 286 g/mol. The molecule has 0 aliphatic carbocycles. The first-order valence-corrected chi connectivity index (χ1v) is 7.61. The minimum atomic E-state index is 0.661. The Morgan fingerprint density at radius 1 is 1.30 bits per heavy atom. The van der Waals surface area contributed by atoms with E-state index in [0.29, 0.717) is 10.6 Å². The van der Waals surface area contributed by atoms with Crippen molar-refractivity contribution in [3.63, 3.8) is 0 Å². The fourth-order valence-corrected chi connectivity index (χ4v) is 2.57. The zero-order valence-electron chi connectivity index (χ0n) is 12.7. The first-order chi connectivity index (χ1) is 9.51. The van der Waals surface area contributed by atoms with Crippen molar-refractivity contribution in [1.29, 1.82) is 0 Å². The van der Waals surface area contributed by atoms with Gasteiger partial charge in [0.25, 0.3) is 0 Å². The molecule has 0 amide bonds. The van der Waals surface area contributed by atoms with Crippen molar-refractivity contribution in [2.45, 2.75) is 40.5 Å². The van der Waals surface area contributed by atoms with Crippen LogP contribution < -0.4 is 0 Å². The van der Waals surface area contributed by atoms with E-state index in [-0.39, 0.29) is 0 Å². The number of aryl methyl sites for hydroxylation is 1. The molecule has 3 heteroatoms. The van der Waals surface area contributed by atoms with Crippen LogP contribution in [-0.4, -0.2) is 9.97 Å². The molecule has 0 atom stereocenters. The summed E-state index contributed by atoms with van der Waals surface area (Å²) in [6, 6.07) is 8.70. The lowest BCUT2D eigenvalue weighted by Gasteiger charge is -2.11. The van der Waals surface area contributed by atoms with E-state index in [0.717, 1.165) is 29.9 Å². The highest BCUT2D eigenvalue weighted by atomic mass is 32.1. The van der Waals surface area contributed by atoms with Gasteiger partial charge < -0.3 is 4.98 Å². The highest BCUT2D eigenvalue weighted by Crippen LogP contribution is 2.23. The van der Waals surface area contributed by atoms with Crippen LogP contribution in [0, 0.1) is 17.5 Å². The summed E-state index contributed by atoms with van der Waals surface area (Å²) in [4.78, 5) is 7.83. The van der Waals surface area contributed by atoms with E-state index in [4.69, 9.17) is 12.2 Å². The quantitative estimate of drug-likeness (QED) is 0.812. The molecule has 0 radical (unpaired) electrons. The lowest BCUT2D eigenvalue weighted by molar-refractivity contribution is 0.647. The minimum absolute atomic E-state index is 0.661. The van der Waals surface area contributed by atoms with Crippen molar-refractivity contribution in [2.75, 3.05) is 0 Å². The van der Waals surface area contributed by atoms with Crippen LogP contribution in [0.5, 0.6) is 0 Å². The van der Waals surface area contributed by atoms with Gasteiger partial charge in [-0.05, 0) is 36.5 Å². The van der Waals surface area contributed by atoms with Gasteiger partial charge in [-0.2, -0.15) is 0 Å². The normalized spacial score (nSPS) is 11.1. The predicted octanol–water partition coefficient (Wildman–Crippen LogP) is 4.88. The Bertz CT molecular complexity index is 656. The van der Waals surface area contributed by atoms with E-state index in [1.165, 1.54) is 11.1 Å². The number of nitrogens with one attached hydrogen (secondary N) is 1. The van der Waals surface area contributed by atoms with Crippen LogP contribution in [0.3, 0.4) is 0 Å². The summed E-state index contributed by atoms with van der Waals surface area (Å²) in [5.74, 6) is 1.61. The van der Waals surface area contributed by atoms with Crippen molar-refractivity contribution < 1.29 is 0 Å². The van der Waals surface area contributed by atoms with Crippen LogP contribution in [0.2, 0.25) is 0 Å². The van der Waals surface area contributed by atoms with E-state index < -0.39 is 0 Å². The van der Waals surface area contributed by atoms with Crippen LogP contribution in [-0.2, 0) is 12.8 Å². The molecule has 0 spiro atoms. The van der Waals surface area contributed by atoms with Crippen LogP contribution in [0.4, 0.5) is 0 Å². The molecule has 0 aliphatic heterocycles. The Morgan fingerprint density at radius 3 is 2.70 bits per heavy atom. The highest BCUT2D eigenvalue weighted by Gasteiger charge is 2.08. The molecule has 2 rings (SSSR count). The molecule has 1 aromatic heterocycles. The zero-order chi connectivity index (χ0) is 14.7. The van der Waals surface area contributed by atoms with E-state index in [9.17, 15) is 0 Å². The molecule has 0 aliphatic rings. The third-order valence-electron chi connectivity index (χ3n) is 3.40. The van der Waals surface area contributed by atoms with Gasteiger partial charge in [0, 0.05) is 12.0 Å². The Hall–Kier alpha value is -1.48. The number of hydrogen-bond donors (Lipinski definition) is 1. The summed E-state index contributed by atoms with van der Waals surface area (Å²) in [6.07, 6.45) is 1.96. The first kappa shape index (κ1) is 14.9. The molecule has 1 heterocycles. The summed E-state index contributed by atoms with van der Waals surface area (Å²) >= 11 is 5.37. The lowest BCUT2D eigenvalue weighted by atomic mass is 9.99. The van der Waals surface area contributed by atoms with Crippen molar-refractivity contribution in [1.82, 2.24) is 9.97 Å². The average molecular weight is 286 g/mol. The molecule has 20 heavy (non-hydrogen) atoms. The molecular formula is C17H22N2S.